The number of carbonyl (C=O) groups is 1. The summed E-state index contributed by atoms with van der Waals surface area (Å²) in [6.07, 6.45) is -2.96. The Morgan fingerprint density at radius 3 is 2.59 bits per heavy atom. The maximum Gasteiger partial charge on any atom is 0.573 e. The van der Waals surface area contributed by atoms with Gasteiger partial charge in [0.25, 0.3) is 0 Å². The van der Waals surface area contributed by atoms with Gasteiger partial charge in [-0.3, -0.25) is 0 Å². The Balaban J connectivity index is 2.98. The van der Waals surface area contributed by atoms with Gasteiger partial charge in [-0.2, -0.15) is 0 Å². The summed E-state index contributed by atoms with van der Waals surface area (Å²) in [5.74, 6) is -1.70. The number of hydrogen-bond acceptors (Lipinski definition) is 2. The first-order chi connectivity index (χ1) is 7.78. The van der Waals surface area contributed by atoms with Crippen molar-refractivity contribution < 1.29 is 27.8 Å². The highest BCUT2D eigenvalue weighted by atomic mass is 35.5. The summed E-state index contributed by atoms with van der Waals surface area (Å²) in [4.78, 5) is 10.3. The lowest BCUT2D eigenvalue weighted by molar-refractivity contribution is -0.274. The van der Waals surface area contributed by atoms with Gasteiger partial charge in [0.15, 0.2) is 0 Å². The van der Waals surface area contributed by atoms with Crippen LogP contribution in [0.2, 0.25) is 5.02 Å². The number of ether oxygens (including phenoxy) is 1. The minimum absolute atomic E-state index is 0.121. The van der Waals surface area contributed by atoms with Crippen molar-refractivity contribution in [2.75, 3.05) is 0 Å². The van der Waals surface area contributed by atoms with Crippen molar-refractivity contribution in [3.63, 3.8) is 0 Å². The average Bonchev–Trinajstić information content (AvgIpc) is 2.16. The monoisotopic (exact) mass is 266 g/mol. The highest BCUT2D eigenvalue weighted by Crippen LogP contribution is 2.27. The van der Waals surface area contributed by atoms with Crippen LogP contribution in [0.4, 0.5) is 13.2 Å². The molecule has 92 valence electrons. The van der Waals surface area contributed by atoms with E-state index in [2.05, 4.69) is 4.74 Å². The van der Waals surface area contributed by atoms with E-state index in [0.29, 0.717) is 0 Å². The third-order valence-corrected chi connectivity index (χ3v) is 1.95. The highest BCUT2D eigenvalue weighted by molar-refractivity contribution is 6.32. The third-order valence-electron chi connectivity index (χ3n) is 1.61. The molecule has 0 radical (unpaired) electrons. The van der Waals surface area contributed by atoms with Crippen LogP contribution >= 0.6 is 11.6 Å². The molecule has 1 aromatic rings. The molecule has 0 aromatic heterocycles. The normalized spacial score (nSPS) is 11.8. The molecule has 17 heavy (non-hydrogen) atoms. The van der Waals surface area contributed by atoms with E-state index in [0.717, 1.165) is 24.3 Å². The first kappa shape index (κ1) is 13.4. The first-order valence-electron chi connectivity index (χ1n) is 4.24. The van der Waals surface area contributed by atoms with Gasteiger partial charge >= 0.3 is 12.3 Å². The van der Waals surface area contributed by atoms with Gasteiger partial charge in [-0.1, -0.05) is 11.6 Å². The molecule has 7 heteroatoms. The van der Waals surface area contributed by atoms with Crippen molar-refractivity contribution in [1.29, 1.82) is 0 Å². The molecule has 0 heterocycles. The van der Waals surface area contributed by atoms with Crippen molar-refractivity contribution in [1.82, 2.24) is 0 Å². The standard InChI is InChI=1S/C10H6ClF3O3/c11-8-3-2-7(17-10(12,13)14)5-6(8)1-4-9(15)16/h1-5H,(H,15,16)/b4-1+. The van der Waals surface area contributed by atoms with Crippen LogP contribution in [-0.4, -0.2) is 17.4 Å². The Morgan fingerprint density at radius 2 is 2.06 bits per heavy atom. The molecule has 0 atom stereocenters. The lowest BCUT2D eigenvalue weighted by Gasteiger charge is -2.09. The molecule has 0 bridgehead atoms. The largest absolute Gasteiger partial charge is 0.573 e. The fourth-order valence-electron chi connectivity index (χ4n) is 1.01. The number of alkyl halides is 3. The highest BCUT2D eigenvalue weighted by Gasteiger charge is 2.31. The van der Waals surface area contributed by atoms with Gasteiger partial charge < -0.3 is 9.84 Å². The fraction of sp³-hybridized carbons (Fsp3) is 0.100. The number of carboxylic acid groups (broad SMARTS) is 1. The van der Waals surface area contributed by atoms with Crippen molar-refractivity contribution in [3.05, 3.63) is 34.9 Å². The Morgan fingerprint density at radius 1 is 1.41 bits per heavy atom. The van der Waals surface area contributed by atoms with Crippen LogP contribution in [0, 0.1) is 0 Å². The number of hydrogen-bond donors (Lipinski definition) is 1. The second-order valence-electron chi connectivity index (χ2n) is 2.90. The van der Waals surface area contributed by atoms with Crippen LogP contribution in [0.5, 0.6) is 5.75 Å². The zero-order chi connectivity index (χ0) is 13.1. The van der Waals surface area contributed by atoms with Gasteiger partial charge in [0.2, 0.25) is 0 Å². The van der Waals surface area contributed by atoms with E-state index in [-0.39, 0.29) is 10.6 Å². The topological polar surface area (TPSA) is 46.5 Å². The summed E-state index contributed by atoms with van der Waals surface area (Å²) in [6, 6.07) is 3.22. The summed E-state index contributed by atoms with van der Waals surface area (Å²) in [7, 11) is 0. The van der Waals surface area contributed by atoms with Gasteiger partial charge in [-0.25, -0.2) is 4.79 Å². The molecule has 3 nitrogen and oxygen atoms in total. The van der Waals surface area contributed by atoms with Crippen LogP contribution in [0.1, 0.15) is 5.56 Å². The van der Waals surface area contributed by atoms with E-state index in [1.54, 1.807) is 0 Å². The molecule has 0 aliphatic rings. The minimum Gasteiger partial charge on any atom is -0.478 e. The molecule has 1 aromatic carbocycles. The van der Waals surface area contributed by atoms with Gasteiger partial charge in [0.05, 0.1) is 0 Å². The molecule has 0 aliphatic heterocycles. The van der Waals surface area contributed by atoms with E-state index in [1.165, 1.54) is 6.07 Å². The lowest BCUT2D eigenvalue weighted by Crippen LogP contribution is -2.17. The quantitative estimate of drug-likeness (QED) is 0.854. The number of benzene rings is 1. The molecular weight excluding hydrogens is 261 g/mol. The summed E-state index contributed by atoms with van der Waals surface area (Å²) in [6.45, 7) is 0. The summed E-state index contributed by atoms with van der Waals surface area (Å²) >= 11 is 5.67. The zero-order valence-corrected chi connectivity index (χ0v) is 8.92. The van der Waals surface area contributed by atoms with Crippen LogP contribution in [0.25, 0.3) is 6.08 Å². The SMILES string of the molecule is O=C(O)/C=C/c1cc(OC(F)(F)F)ccc1Cl. The van der Waals surface area contributed by atoms with Crippen molar-refractivity contribution in [2.45, 2.75) is 6.36 Å². The zero-order valence-electron chi connectivity index (χ0n) is 8.16. The molecule has 0 saturated heterocycles. The third kappa shape index (κ3) is 4.78. The van der Waals surface area contributed by atoms with Gasteiger partial charge in [0.1, 0.15) is 5.75 Å². The van der Waals surface area contributed by atoms with Gasteiger partial charge in [0, 0.05) is 11.1 Å². The molecule has 0 amide bonds. The molecule has 1 N–H and O–H groups in total. The number of aliphatic carboxylic acids is 1. The maximum absolute atomic E-state index is 11.9. The Kier molecular flexibility index (Phi) is 4.01. The second kappa shape index (κ2) is 5.09. The Bertz CT molecular complexity index is 455. The molecule has 0 spiro atoms. The predicted octanol–water partition coefficient (Wildman–Crippen LogP) is 3.34. The van der Waals surface area contributed by atoms with E-state index >= 15 is 0 Å². The molecular formula is C10H6ClF3O3. The molecule has 0 fully saturated rings. The van der Waals surface area contributed by atoms with Crippen LogP contribution < -0.4 is 4.74 Å². The molecule has 0 aliphatic carbocycles. The van der Waals surface area contributed by atoms with E-state index in [4.69, 9.17) is 16.7 Å². The van der Waals surface area contributed by atoms with Gasteiger partial charge in [-0.15, -0.1) is 13.2 Å². The van der Waals surface area contributed by atoms with Crippen LogP contribution in [0.3, 0.4) is 0 Å². The fourth-order valence-corrected chi connectivity index (χ4v) is 1.19. The number of carboxylic acids is 1. The number of halogens is 4. The van der Waals surface area contributed by atoms with E-state index < -0.39 is 18.1 Å². The average molecular weight is 267 g/mol. The Labute approximate surface area is 99.1 Å². The molecule has 1 rings (SSSR count). The van der Waals surface area contributed by atoms with E-state index in [1.807, 2.05) is 0 Å². The van der Waals surface area contributed by atoms with Crippen LogP contribution in [-0.2, 0) is 4.79 Å². The second-order valence-corrected chi connectivity index (χ2v) is 3.31. The van der Waals surface area contributed by atoms with Crippen LogP contribution in [0.15, 0.2) is 24.3 Å². The van der Waals surface area contributed by atoms with Gasteiger partial charge in [-0.05, 0) is 29.8 Å². The number of rotatable bonds is 3. The maximum atomic E-state index is 11.9. The minimum atomic E-state index is -4.80. The smallest absolute Gasteiger partial charge is 0.478 e. The molecule has 0 unspecified atom stereocenters. The Hall–Kier alpha value is -1.69. The summed E-state index contributed by atoms with van der Waals surface area (Å²) in [5, 5.41) is 8.50. The summed E-state index contributed by atoms with van der Waals surface area (Å²) in [5.41, 5.74) is 0.121. The van der Waals surface area contributed by atoms with Crippen molar-refractivity contribution >= 4 is 23.6 Å². The molecule has 0 saturated carbocycles. The van der Waals surface area contributed by atoms with E-state index in [9.17, 15) is 18.0 Å². The lowest BCUT2D eigenvalue weighted by atomic mass is 10.2. The first-order valence-corrected chi connectivity index (χ1v) is 4.62. The van der Waals surface area contributed by atoms with Crippen molar-refractivity contribution in [2.24, 2.45) is 0 Å². The summed E-state index contributed by atoms with van der Waals surface area (Å²) < 4.78 is 39.4. The predicted molar refractivity (Wildman–Crippen MR) is 54.8 cm³/mol. The van der Waals surface area contributed by atoms with Crippen molar-refractivity contribution in [3.8, 4) is 5.75 Å².